The molecule has 0 aromatic heterocycles. The Kier molecular flexibility index (Phi) is 7.10. The van der Waals surface area contributed by atoms with E-state index in [9.17, 15) is 4.89 Å². The average Bonchev–Trinajstić information content (AvgIpc) is 2.53. The Labute approximate surface area is 143 Å². The number of hydrogen-bond donors (Lipinski definition) is 1. The van der Waals surface area contributed by atoms with Gasteiger partial charge in [0.25, 0.3) is 0 Å². The van der Waals surface area contributed by atoms with Crippen LogP contribution < -0.4 is 9.05 Å². The molecule has 1 N–H and O–H groups in total. The summed E-state index contributed by atoms with van der Waals surface area (Å²) in [5, 5.41) is 0. The predicted octanol–water partition coefficient (Wildman–Crippen LogP) is 5.48. The second kappa shape index (κ2) is 9.07. The highest BCUT2D eigenvalue weighted by Gasteiger charge is 2.20. The first-order valence-electron chi connectivity index (χ1n) is 7.95. The first-order valence-corrected chi connectivity index (χ1v) is 10.5. The van der Waals surface area contributed by atoms with Crippen LogP contribution in [0.15, 0.2) is 54.6 Å². The molecule has 0 spiro atoms. The van der Waals surface area contributed by atoms with Gasteiger partial charge in [-0.05, 0) is 36.6 Å². The van der Waals surface area contributed by atoms with E-state index in [2.05, 4.69) is 6.92 Å². The molecule has 0 saturated heterocycles. The summed E-state index contributed by atoms with van der Waals surface area (Å²) in [5.41, 5.74) is 1.06. The maximum absolute atomic E-state index is 10.3. The van der Waals surface area contributed by atoms with Crippen molar-refractivity contribution in [3.8, 4) is 11.5 Å². The van der Waals surface area contributed by atoms with Crippen LogP contribution in [-0.2, 0) is 18.2 Å². The third-order valence-electron chi connectivity index (χ3n) is 3.45. The first-order chi connectivity index (χ1) is 11.1. The summed E-state index contributed by atoms with van der Waals surface area (Å²) in [6, 6.07) is 16.7. The molecule has 3 nitrogen and oxygen atoms in total. The van der Waals surface area contributed by atoms with Crippen LogP contribution in [0.5, 0.6) is 11.5 Å². The van der Waals surface area contributed by atoms with Crippen LogP contribution in [0.4, 0.5) is 0 Å². The molecule has 2 rings (SSSR count). The average molecular weight is 350 g/mol. The largest absolute Gasteiger partial charge is 0.432 e. The van der Waals surface area contributed by atoms with Crippen LogP contribution in [0.1, 0.15) is 38.2 Å². The van der Waals surface area contributed by atoms with E-state index >= 15 is 0 Å². The third kappa shape index (κ3) is 6.34. The highest BCUT2D eigenvalue weighted by molar-refractivity contribution is 8.07. The molecular formula is C18H23O3PS. The lowest BCUT2D eigenvalue weighted by atomic mass is 10.1. The highest BCUT2D eigenvalue weighted by Crippen LogP contribution is 2.45. The molecule has 1 unspecified atom stereocenters. The van der Waals surface area contributed by atoms with Gasteiger partial charge in [0.2, 0.25) is 0 Å². The maximum atomic E-state index is 10.3. The molecule has 0 heterocycles. The maximum Gasteiger partial charge on any atom is 0.432 e. The van der Waals surface area contributed by atoms with Gasteiger partial charge < -0.3 is 13.9 Å². The van der Waals surface area contributed by atoms with Crippen molar-refractivity contribution < 1.29 is 13.9 Å². The zero-order chi connectivity index (χ0) is 16.5. The van der Waals surface area contributed by atoms with Gasteiger partial charge in [0.05, 0.1) is 0 Å². The van der Waals surface area contributed by atoms with Gasteiger partial charge in [-0.1, -0.05) is 62.6 Å². The summed E-state index contributed by atoms with van der Waals surface area (Å²) in [7, 11) is 0. The van der Waals surface area contributed by atoms with Gasteiger partial charge in [-0.25, -0.2) is 0 Å². The van der Waals surface area contributed by atoms with Crippen molar-refractivity contribution in [1.29, 1.82) is 0 Å². The predicted molar refractivity (Wildman–Crippen MR) is 98.5 cm³/mol. The minimum absolute atomic E-state index is 0.513. The van der Waals surface area contributed by atoms with Gasteiger partial charge in [-0.3, -0.25) is 0 Å². The monoisotopic (exact) mass is 350 g/mol. The summed E-state index contributed by atoms with van der Waals surface area (Å²) in [6.45, 7) is -1.18. The van der Waals surface area contributed by atoms with Crippen molar-refractivity contribution in [2.75, 3.05) is 0 Å². The molecule has 0 amide bonds. The van der Waals surface area contributed by atoms with E-state index in [4.69, 9.17) is 20.9 Å². The molecule has 124 valence electrons. The smallest absolute Gasteiger partial charge is 0.416 e. The summed E-state index contributed by atoms with van der Waals surface area (Å²) in [6.07, 6.45) is 5.65. The number of rotatable bonds is 9. The Morgan fingerprint density at radius 1 is 0.913 bits per heavy atom. The van der Waals surface area contributed by atoms with E-state index in [0.717, 1.165) is 18.4 Å². The molecule has 0 bridgehead atoms. The molecule has 23 heavy (non-hydrogen) atoms. The quantitative estimate of drug-likeness (QED) is 0.480. The molecule has 2 aromatic rings. The normalized spacial score (nSPS) is 13.3. The van der Waals surface area contributed by atoms with Crippen LogP contribution >= 0.6 is 6.72 Å². The zero-order valence-corrected chi connectivity index (χ0v) is 15.1. The lowest BCUT2D eigenvalue weighted by Crippen LogP contribution is -2.01. The van der Waals surface area contributed by atoms with Gasteiger partial charge in [0.1, 0.15) is 11.5 Å². The molecule has 1 atom stereocenters. The van der Waals surface area contributed by atoms with Gasteiger partial charge >= 0.3 is 6.72 Å². The Morgan fingerprint density at radius 3 is 2.35 bits per heavy atom. The fourth-order valence-corrected chi connectivity index (χ4v) is 3.65. The molecule has 2 aromatic carbocycles. The highest BCUT2D eigenvalue weighted by atomic mass is 32.5. The van der Waals surface area contributed by atoms with Crippen molar-refractivity contribution in [3.63, 3.8) is 0 Å². The van der Waals surface area contributed by atoms with Crippen molar-refractivity contribution >= 4 is 18.5 Å². The zero-order valence-electron chi connectivity index (χ0n) is 13.4. The molecule has 0 aliphatic heterocycles. The van der Waals surface area contributed by atoms with Crippen LogP contribution in [0.2, 0.25) is 0 Å². The van der Waals surface area contributed by atoms with E-state index in [1.54, 1.807) is 12.1 Å². The Bertz CT molecular complexity index is 646. The minimum Gasteiger partial charge on any atom is -0.416 e. The fraction of sp³-hybridized carbons (Fsp3) is 0.333. The van der Waals surface area contributed by atoms with Crippen molar-refractivity contribution in [2.45, 2.75) is 39.0 Å². The molecular weight excluding hydrogens is 327 g/mol. The van der Waals surface area contributed by atoms with Crippen molar-refractivity contribution in [3.05, 3.63) is 60.2 Å². The summed E-state index contributed by atoms with van der Waals surface area (Å²) < 4.78 is 11.1. The first kappa shape index (κ1) is 18.0. The number of para-hydroxylation sites is 2. The van der Waals surface area contributed by atoms with Crippen LogP contribution in [-0.4, -0.2) is 4.89 Å². The van der Waals surface area contributed by atoms with Crippen LogP contribution in [0.3, 0.4) is 0 Å². The second-order valence-electron chi connectivity index (χ2n) is 5.38. The van der Waals surface area contributed by atoms with Crippen molar-refractivity contribution in [2.24, 2.45) is 0 Å². The lowest BCUT2D eigenvalue weighted by Gasteiger charge is -2.19. The molecule has 0 aliphatic rings. The van der Waals surface area contributed by atoms with Crippen molar-refractivity contribution in [1.82, 2.24) is 0 Å². The molecule has 0 saturated carbocycles. The van der Waals surface area contributed by atoms with E-state index < -0.39 is 6.72 Å². The van der Waals surface area contributed by atoms with Gasteiger partial charge in [0, 0.05) is 11.8 Å². The minimum atomic E-state index is -3.37. The van der Waals surface area contributed by atoms with Crippen LogP contribution in [0, 0.1) is 0 Å². The van der Waals surface area contributed by atoms with E-state index in [-0.39, 0.29) is 0 Å². The lowest BCUT2D eigenvalue weighted by molar-refractivity contribution is 0.375. The Hall–Kier alpha value is -1.35. The summed E-state index contributed by atoms with van der Waals surface area (Å²) in [5.74, 6) is 1.13. The topological polar surface area (TPSA) is 38.7 Å². The summed E-state index contributed by atoms with van der Waals surface area (Å²) in [4.78, 5) is 10.3. The SMILES string of the molecule is CCCCCCc1ccccc1OP(O)(=S)Oc1ccccc1. The van der Waals surface area contributed by atoms with Gasteiger partial charge in [-0.15, -0.1) is 0 Å². The van der Waals surface area contributed by atoms with E-state index in [1.807, 2.05) is 42.5 Å². The molecule has 5 heteroatoms. The summed E-state index contributed by atoms with van der Waals surface area (Å²) >= 11 is 5.14. The van der Waals surface area contributed by atoms with E-state index in [1.165, 1.54) is 19.3 Å². The fourth-order valence-electron chi connectivity index (χ4n) is 2.30. The molecule has 0 fully saturated rings. The Balaban J connectivity index is 2.02. The number of unbranched alkanes of at least 4 members (excludes halogenated alkanes) is 3. The van der Waals surface area contributed by atoms with Gasteiger partial charge in [0.15, 0.2) is 0 Å². The number of hydrogen-bond acceptors (Lipinski definition) is 3. The van der Waals surface area contributed by atoms with E-state index in [0.29, 0.717) is 11.5 Å². The second-order valence-corrected chi connectivity index (χ2v) is 8.07. The molecule has 0 aliphatic carbocycles. The van der Waals surface area contributed by atoms with Crippen LogP contribution in [0.25, 0.3) is 0 Å². The third-order valence-corrected chi connectivity index (χ3v) is 4.77. The van der Waals surface area contributed by atoms with Gasteiger partial charge in [-0.2, -0.15) is 0 Å². The number of aryl methyl sites for hydroxylation is 1. The standard InChI is InChI=1S/C18H23O3PS/c1-2-3-4-6-11-16-12-9-10-15-18(16)21-22(19,23)20-17-13-7-5-8-14-17/h5,7-10,12-15H,2-4,6,11H2,1H3,(H,19,23). The number of benzene rings is 2. The molecule has 0 radical (unpaired) electrons. The Morgan fingerprint density at radius 2 is 1.61 bits per heavy atom.